The van der Waals surface area contributed by atoms with E-state index in [1.165, 1.54) is 18.4 Å². The van der Waals surface area contributed by atoms with Gasteiger partial charge in [0.2, 0.25) is 0 Å². The molecule has 80 valence electrons. The highest BCUT2D eigenvalue weighted by molar-refractivity contribution is 9.09. The van der Waals surface area contributed by atoms with Crippen LogP contribution < -0.4 is 0 Å². The van der Waals surface area contributed by atoms with Crippen LogP contribution in [0.3, 0.4) is 0 Å². The molecule has 0 aromatic carbocycles. The molecule has 0 aliphatic carbocycles. The second-order valence-electron chi connectivity index (χ2n) is 4.06. The summed E-state index contributed by atoms with van der Waals surface area (Å²) in [6.07, 6.45) is 6.41. The first-order chi connectivity index (χ1) is 6.65. The van der Waals surface area contributed by atoms with E-state index in [4.69, 9.17) is 0 Å². The van der Waals surface area contributed by atoms with Crippen LogP contribution in [0.1, 0.15) is 32.3 Å². The van der Waals surface area contributed by atoms with E-state index >= 15 is 0 Å². The van der Waals surface area contributed by atoms with E-state index in [1.807, 2.05) is 6.20 Å². The summed E-state index contributed by atoms with van der Waals surface area (Å²) >= 11 is 3.62. The highest BCUT2D eigenvalue weighted by atomic mass is 79.9. The van der Waals surface area contributed by atoms with Crippen molar-refractivity contribution >= 4 is 15.9 Å². The van der Waals surface area contributed by atoms with Crippen molar-refractivity contribution in [2.75, 3.05) is 5.33 Å². The van der Waals surface area contributed by atoms with Crippen molar-refractivity contribution in [3.05, 3.63) is 18.0 Å². The van der Waals surface area contributed by atoms with Gasteiger partial charge in [-0.15, -0.1) is 0 Å². The maximum absolute atomic E-state index is 4.34. The topological polar surface area (TPSA) is 17.8 Å². The third kappa shape index (κ3) is 2.59. The lowest BCUT2D eigenvalue weighted by molar-refractivity contribution is 0.248. The molecule has 0 unspecified atom stereocenters. The molecule has 2 nitrogen and oxygen atoms in total. The molecule has 0 spiro atoms. The maximum atomic E-state index is 4.34. The van der Waals surface area contributed by atoms with Gasteiger partial charge >= 0.3 is 0 Å². The molecule has 0 atom stereocenters. The average molecular weight is 259 g/mol. The lowest BCUT2D eigenvalue weighted by Gasteiger charge is -2.29. The van der Waals surface area contributed by atoms with Crippen LogP contribution in [0, 0.1) is 12.3 Å². The highest BCUT2D eigenvalue weighted by Gasteiger charge is 2.25. The Morgan fingerprint density at radius 3 is 2.43 bits per heavy atom. The summed E-state index contributed by atoms with van der Waals surface area (Å²) in [5.74, 6) is 0. The third-order valence-corrected chi connectivity index (χ3v) is 4.23. The Kier molecular flexibility index (Phi) is 4.17. The average Bonchev–Trinajstić information content (AvgIpc) is 2.61. The molecule has 0 fully saturated rings. The van der Waals surface area contributed by atoms with Gasteiger partial charge in [0.25, 0.3) is 0 Å². The lowest BCUT2D eigenvalue weighted by atomic mass is 9.85. The van der Waals surface area contributed by atoms with Gasteiger partial charge in [-0.1, -0.05) is 29.8 Å². The number of nitrogens with zero attached hydrogens (tertiary/aromatic N) is 2. The molecule has 0 saturated carbocycles. The molecular formula is C11H19BrN2. The van der Waals surface area contributed by atoms with Gasteiger partial charge < -0.3 is 0 Å². The van der Waals surface area contributed by atoms with Crippen LogP contribution in [-0.2, 0) is 6.54 Å². The predicted octanol–water partition coefficient (Wildman–Crippen LogP) is 3.39. The van der Waals surface area contributed by atoms with E-state index in [0.29, 0.717) is 5.41 Å². The summed E-state index contributed by atoms with van der Waals surface area (Å²) in [7, 11) is 0. The fourth-order valence-electron chi connectivity index (χ4n) is 1.60. The van der Waals surface area contributed by atoms with Gasteiger partial charge in [0, 0.05) is 18.1 Å². The van der Waals surface area contributed by atoms with Crippen LogP contribution in [0.2, 0.25) is 0 Å². The fraction of sp³-hybridized carbons (Fsp3) is 0.727. The molecule has 0 aliphatic rings. The summed E-state index contributed by atoms with van der Waals surface area (Å²) in [6.45, 7) is 7.60. The minimum absolute atomic E-state index is 0.360. The maximum Gasteiger partial charge on any atom is 0.0518 e. The van der Waals surface area contributed by atoms with Crippen molar-refractivity contribution in [2.24, 2.45) is 5.41 Å². The second-order valence-corrected chi connectivity index (χ2v) is 4.62. The van der Waals surface area contributed by atoms with Gasteiger partial charge in [0.05, 0.1) is 6.20 Å². The minimum Gasteiger partial charge on any atom is -0.272 e. The summed E-state index contributed by atoms with van der Waals surface area (Å²) < 4.78 is 2.06. The molecule has 1 heterocycles. The number of aromatic nitrogens is 2. The zero-order chi connectivity index (χ0) is 10.6. The van der Waals surface area contributed by atoms with E-state index in [0.717, 1.165) is 11.9 Å². The summed E-state index contributed by atoms with van der Waals surface area (Å²) in [5.41, 5.74) is 1.60. The van der Waals surface area contributed by atoms with Crippen LogP contribution in [0.4, 0.5) is 0 Å². The molecule has 0 aliphatic heterocycles. The van der Waals surface area contributed by atoms with Gasteiger partial charge in [-0.25, -0.2) is 0 Å². The first kappa shape index (κ1) is 11.8. The van der Waals surface area contributed by atoms with E-state index in [-0.39, 0.29) is 0 Å². The van der Waals surface area contributed by atoms with Gasteiger partial charge in [0.1, 0.15) is 0 Å². The standard InChI is InChI=1S/C11H19BrN2/c1-4-11(5-2,8-12)9-14-7-10(3)6-13-14/h6-7H,4-5,8-9H2,1-3H3. The SMILES string of the molecule is CCC(CC)(CBr)Cn1cc(C)cn1. The Morgan fingerprint density at radius 2 is 2.07 bits per heavy atom. The number of hydrogen-bond donors (Lipinski definition) is 0. The summed E-state index contributed by atoms with van der Waals surface area (Å²) in [5, 5.41) is 5.39. The number of halogens is 1. The van der Waals surface area contributed by atoms with Crippen LogP contribution in [-0.4, -0.2) is 15.1 Å². The molecule has 1 rings (SSSR count). The Morgan fingerprint density at radius 1 is 1.43 bits per heavy atom. The zero-order valence-electron chi connectivity index (χ0n) is 9.26. The molecule has 0 saturated heterocycles. The predicted molar refractivity (Wildman–Crippen MR) is 63.8 cm³/mol. The quantitative estimate of drug-likeness (QED) is 0.741. The third-order valence-electron chi connectivity index (χ3n) is 3.04. The van der Waals surface area contributed by atoms with Crippen LogP contribution in [0.25, 0.3) is 0 Å². The summed E-state index contributed by atoms with van der Waals surface area (Å²) in [4.78, 5) is 0. The fourth-order valence-corrected chi connectivity index (χ4v) is 2.57. The van der Waals surface area contributed by atoms with E-state index in [1.54, 1.807) is 0 Å². The molecular weight excluding hydrogens is 240 g/mol. The molecule has 0 radical (unpaired) electrons. The highest BCUT2D eigenvalue weighted by Crippen LogP contribution is 2.30. The molecule has 14 heavy (non-hydrogen) atoms. The van der Waals surface area contributed by atoms with Gasteiger partial charge in [0.15, 0.2) is 0 Å². The number of rotatable bonds is 5. The van der Waals surface area contributed by atoms with Crippen molar-refractivity contribution in [1.82, 2.24) is 9.78 Å². The van der Waals surface area contributed by atoms with E-state index < -0.39 is 0 Å². The second kappa shape index (κ2) is 4.96. The van der Waals surface area contributed by atoms with E-state index in [2.05, 4.69) is 52.7 Å². The Bertz CT molecular complexity index is 268. The summed E-state index contributed by atoms with van der Waals surface area (Å²) in [6, 6.07) is 0. The van der Waals surface area contributed by atoms with Gasteiger partial charge in [-0.05, 0) is 30.7 Å². The molecule has 0 bridgehead atoms. The Hall–Kier alpha value is -0.310. The van der Waals surface area contributed by atoms with Crippen LogP contribution >= 0.6 is 15.9 Å². The molecule has 0 N–H and O–H groups in total. The normalized spacial score (nSPS) is 12.0. The molecule has 0 amide bonds. The first-order valence-corrected chi connectivity index (χ1v) is 6.33. The van der Waals surface area contributed by atoms with Crippen molar-refractivity contribution in [3.8, 4) is 0 Å². The van der Waals surface area contributed by atoms with Gasteiger partial charge in [-0.3, -0.25) is 4.68 Å². The van der Waals surface area contributed by atoms with E-state index in [9.17, 15) is 0 Å². The van der Waals surface area contributed by atoms with Crippen LogP contribution in [0.5, 0.6) is 0 Å². The van der Waals surface area contributed by atoms with Crippen molar-refractivity contribution in [2.45, 2.75) is 40.2 Å². The smallest absolute Gasteiger partial charge is 0.0518 e. The zero-order valence-corrected chi connectivity index (χ0v) is 10.8. The Balaban J connectivity index is 2.73. The van der Waals surface area contributed by atoms with Gasteiger partial charge in [-0.2, -0.15) is 5.10 Å². The lowest BCUT2D eigenvalue weighted by Crippen LogP contribution is -2.27. The number of hydrogen-bond acceptors (Lipinski definition) is 1. The number of alkyl halides is 1. The molecule has 3 heteroatoms. The van der Waals surface area contributed by atoms with Crippen molar-refractivity contribution < 1.29 is 0 Å². The minimum atomic E-state index is 0.360. The van der Waals surface area contributed by atoms with Crippen LogP contribution in [0.15, 0.2) is 12.4 Å². The number of aryl methyl sites for hydroxylation is 1. The van der Waals surface area contributed by atoms with Crippen molar-refractivity contribution in [1.29, 1.82) is 0 Å². The first-order valence-electron chi connectivity index (χ1n) is 5.21. The molecule has 1 aromatic rings. The van der Waals surface area contributed by atoms with Crippen molar-refractivity contribution in [3.63, 3.8) is 0 Å². The largest absolute Gasteiger partial charge is 0.272 e. The monoisotopic (exact) mass is 258 g/mol. The Labute approximate surface area is 94.8 Å². The molecule has 1 aromatic heterocycles.